The fraction of sp³-hybridized carbons (Fsp3) is 0.933. The minimum atomic E-state index is 0.108. The van der Waals surface area contributed by atoms with Crippen molar-refractivity contribution in [3.05, 3.63) is 0 Å². The maximum absolute atomic E-state index is 12.1. The van der Waals surface area contributed by atoms with Gasteiger partial charge in [-0.1, -0.05) is 26.7 Å². The second kappa shape index (κ2) is 9.32. The first-order valence-electron chi connectivity index (χ1n) is 7.71. The van der Waals surface area contributed by atoms with Crippen LogP contribution in [0.5, 0.6) is 0 Å². The highest BCUT2D eigenvalue weighted by Crippen LogP contribution is 2.23. The molecule has 4 heteroatoms. The number of hydrogen-bond donors (Lipinski definition) is 2. The van der Waals surface area contributed by atoms with Crippen LogP contribution in [-0.4, -0.2) is 36.9 Å². The van der Waals surface area contributed by atoms with Gasteiger partial charge in [0.1, 0.15) is 0 Å². The van der Waals surface area contributed by atoms with Crippen LogP contribution in [0.2, 0.25) is 0 Å². The lowest BCUT2D eigenvalue weighted by Gasteiger charge is -2.29. The zero-order chi connectivity index (χ0) is 14.1. The molecular weight excluding hydrogens is 242 g/mol. The van der Waals surface area contributed by atoms with Gasteiger partial charge in [0, 0.05) is 25.7 Å². The number of aliphatic hydroxyl groups excluding tert-OH is 1. The largest absolute Gasteiger partial charge is 0.396 e. The van der Waals surface area contributed by atoms with Crippen LogP contribution in [0.25, 0.3) is 0 Å². The Morgan fingerprint density at radius 1 is 1.47 bits per heavy atom. The highest BCUT2D eigenvalue weighted by molar-refractivity contribution is 5.78. The average molecular weight is 271 g/mol. The van der Waals surface area contributed by atoms with E-state index in [9.17, 15) is 4.79 Å². The van der Waals surface area contributed by atoms with E-state index in [1.807, 2.05) is 0 Å². The fourth-order valence-corrected chi connectivity index (χ4v) is 2.66. The van der Waals surface area contributed by atoms with E-state index >= 15 is 0 Å². The molecule has 112 valence electrons. The molecule has 3 atom stereocenters. The predicted molar refractivity (Wildman–Crippen MR) is 75.9 cm³/mol. The number of amides is 1. The standard InChI is InChI=1S/C15H29NO3/c1-3-5-14-10-13(7-9-19-14)15(18)16-11-12(4-2)6-8-17/h12-14,17H,3-11H2,1-2H3,(H,16,18). The molecular formula is C15H29NO3. The summed E-state index contributed by atoms with van der Waals surface area (Å²) in [7, 11) is 0. The smallest absolute Gasteiger partial charge is 0.223 e. The van der Waals surface area contributed by atoms with E-state index in [0.29, 0.717) is 19.1 Å². The third-order valence-electron chi connectivity index (χ3n) is 4.03. The molecule has 0 bridgehead atoms. The third kappa shape index (κ3) is 5.91. The summed E-state index contributed by atoms with van der Waals surface area (Å²) in [6.07, 6.45) is 5.86. The molecule has 1 aliphatic heterocycles. The van der Waals surface area contributed by atoms with Gasteiger partial charge in [-0.05, 0) is 31.6 Å². The van der Waals surface area contributed by atoms with Crippen molar-refractivity contribution in [2.24, 2.45) is 11.8 Å². The Morgan fingerprint density at radius 2 is 2.26 bits per heavy atom. The molecule has 1 rings (SSSR count). The summed E-state index contributed by atoms with van der Waals surface area (Å²) in [5.41, 5.74) is 0. The Bertz CT molecular complexity index is 256. The van der Waals surface area contributed by atoms with Gasteiger partial charge < -0.3 is 15.2 Å². The number of carbonyl (C=O) groups excluding carboxylic acids is 1. The average Bonchev–Trinajstić information content (AvgIpc) is 2.43. The SMILES string of the molecule is CCCC1CC(C(=O)NCC(CC)CCO)CCO1. The number of hydrogen-bond acceptors (Lipinski definition) is 3. The van der Waals surface area contributed by atoms with Gasteiger partial charge in [-0.3, -0.25) is 4.79 Å². The number of aliphatic hydroxyl groups is 1. The summed E-state index contributed by atoms with van der Waals surface area (Å²) in [4.78, 5) is 12.1. The lowest BCUT2D eigenvalue weighted by atomic mass is 9.92. The second-order valence-electron chi connectivity index (χ2n) is 5.53. The molecule has 1 aliphatic rings. The minimum absolute atomic E-state index is 0.108. The van der Waals surface area contributed by atoms with Crippen LogP contribution < -0.4 is 5.32 Å². The summed E-state index contributed by atoms with van der Waals surface area (Å²) in [6.45, 7) is 5.83. The molecule has 0 aromatic carbocycles. The minimum Gasteiger partial charge on any atom is -0.396 e. The predicted octanol–water partition coefficient (Wildman–Crippen LogP) is 2.11. The molecule has 0 aromatic heterocycles. The van der Waals surface area contributed by atoms with Crippen LogP contribution in [0.3, 0.4) is 0 Å². The molecule has 1 saturated heterocycles. The molecule has 0 saturated carbocycles. The normalized spacial score (nSPS) is 25.0. The summed E-state index contributed by atoms with van der Waals surface area (Å²) < 4.78 is 5.67. The van der Waals surface area contributed by atoms with E-state index in [1.54, 1.807) is 0 Å². The number of ether oxygens (including phenoxy) is 1. The molecule has 19 heavy (non-hydrogen) atoms. The first-order chi connectivity index (χ1) is 9.21. The monoisotopic (exact) mass is 271 g/mol. The van der Waals surface area contributed by atoms with E-state index in [-0.39, 0.29) is 24.5 Å². The maximum atomic E-state index is 12.1. The summed E-state index contributed by atoms with van der Waals surface area (Å²) in [6, 6.07) is 0. The summed E-state index contributed by atoms with van der Waals surface area (Å²) in [5.74, 6) is 0.665. The molecule has 3 unspecified atom stereocenters. The van der Waals surface area contributed by atoms with E-state index in [0.717, 1.165) is 38.5 Å². The van der Waals surface area contributed by atoms with E-state index in [2.05, 4.69) is 19.2 Å². The molecule has 1 amide bonds. The lowest BCUT2D eigenvalue weighted by Crippen LogP contribution is -2.39. The fourth-order valence-electron chi connectivity index (χ4n) is 2.66. The van der Waals surface area contributed by atoms with Crippen molar-refractivity contribution in [2.45, 2.75) is 58.5 Å². The molecule has 0 aromatic rings. The van der Waals surface area contributed by atoms with Crippen LogP contribution in [0.1, 0.15) is 52.4 Å². The van der Waals surface area contributed by atoms with Gasteiger partial charge in [-0.25, -0.2) is 0 Å². The van der Waals surface area contributed by atoms with E-state index in [1.165, 1.54) is 0 Å². The first kappa shape index (κ1) is 16.4. The van der Waals surface area contributed by atoms with Gasteiger partial charge in [0.25, 0.3) is 0 Å². The Labute approximate surface area is 116 Å². The van der Waals surface area contributed by atoms with Crippen LogP contribution in [-0.2, 0) is 9.53 Å². The topological polar surface area (TPSA) is 58.6 Å². The van der Waals surface area contributed by atoms with Gasteiger partial charge in [0.15, 0.2) is 0 Å². The van der Waals surface area contributed by atoms with Crippen molar-refractivity contribution in [1.29, 1.82) is 0 Å². The zero-order valence-electron chi connectivity index (χ0n) is 12.4. The summed E-state index contributed by atoms with van der Waals surface area (Å²) >= 11 is 0. The van der Waals surface area contributed by atoms with Crippen LogP contribution in [0.4, 0.5) is 0 Å². The number of carbonyl (C=O) groups is 1. The Balaban J connectivity index is 2.31. The van der Waals surface area contributed by atoms with Gasteiger partial charge in [-0.2, -0.15) is 0 Å². The zero-order valence-corrected chi connectivity index (χ0v) is 12.4. The van der Waals surface area contributed by atoms with Crippen LogP contribution in [0, 0.1) is 11.8 Å². The van der Waals surface area contributed by atoms with Crippen molar-refractivity contribution >= 4 is 5.91 Å². The van der Waals surface area contributed by atoms with Gasteiger partial charge >= 0.3 is 0 Å². The number of rotatable bonds is 8. The molecule has 1 heterocycles. The Kier molecular flexibility index (Phi) is 8.07. The molecule has 2 N–H and O–H groups in total. The van der Waals surface area contributed by atoms with Crippen molar-refractivity contribution in [2.75, 3.05) is 19.8 Å². The van der Waals surface area contributed by atoms with Gasteiger partial charge in [0.2, 0.25) is 5.91 Å². The van der Waals surface area contributed by atoms with Crippen molar-refractivity contribution in [3.8, 4) is 0 Å². The van der Waals surface area contributed by atoms with Crippen LogP contribution >= 0.6 is 0 Å². The first-order valence-corrected chi connectivity index (χ1v) is 7.71. The molecule has 0 aliphatic carbocycles. The molecule has 0 spiro atoms. The Hall–Kier alpha value is -0.610. The molecule has 0 radical (unpaired) electrons. The lowest BCUT2D eigenvalue weighted by molar-refractivity contribution is -0.130. The highest BCUT2D eigenvalue weighted by atomic mass is 16.5. The second-order valence-corrected chi connectivity index (χ2v) is 5.53. The van der Waals surface area contributed by atoms with Gasteiger partial charge in [-0.15, -0.1) is 0 Å². The van der Waals surface area contributed by atoms with Crippen LogP contribution in [0.15, 0.2) is 0 Å². The number of nitrogens with one attached hydrogen (secondary N) is 1. The highest BCUT2D eigenvalue weighted by Gasteiger charge is 2.27. The van der Waals surface area contributed by atoms with Crippen molar-refractivity contribution in [1.82, 2.24) is 5.32 Å². The van der Waals surface area contributed by atoms with Gasteiger partial charge in [0.05, 0.1) is 6.10 Å². The van der Waals surface area contributed by atoms with Crippen molar-refractivity contribution in [3.63, 3.8) is 0 Å². The Morgan fingerprint density at radius 3 is 2.89 bits per heavy atom. The molecule has 1 fully saturated rings. The van der Waals surface area contributed by atoms with E-state index in [4.69, 9.17) is 9.84 Å². The maximum Gasteiger partial charge on any atom is 0.223 e. The summed E-state index contributed by atoms with van der Waals surface area (Å²) in [5, 5.41) is 12.0. The quantitative estimate of drug-likeness (QED) is 0.711. The third-order valence-corrected chi connectivity index (χ3v) is 4.03. The molecule has 4 nitrogen and oxygen atoms in total. The van der Waals surface area contributed by atoms with Crippen molar-refractivity contribution < 1.29 is 14.6 Å². The van der Waals surface area contributed by atoms with E-state index < -0.39 is 0 Å².